The van der Waals surface area contributed by atoms with E-state index in [0.717, 1.165) is 6.42 Å². The Morgan fingerprint density at radius 3 is 2.73 bits per heavy atom. The van der Waals surface area contributed by atoms with Crippen LogP contribution in [-0.4, -0.2) is 61.1 Å². The van der Waals surface area contributed by atoms with Gasteiger partial charge in [-0.3, -0.25) is 9.69 Å². The summed E-state index contributed by atoms with van der Waals surface area (Å²) < 4.78 is 19.0. The SMILES string of the molecule is N[C@@H]1CCN(C(=O)[C@@H](c2cccc(F)c2)N2CCOCC2)C1. The summed E-state index contributed by atoms with van der Waals surface area (Å²) in [6, 6.07) is 5.91. The Labute approximate surface area is 129 Å². The molecule has 6 heteroatoms. The van der Waals surface area contributed by atoms with E-state index in [-0.39, 0.29) is 17.8 Å². The van der Waals surface area contributed by atoms with Crippen molar-refractivity contribution in [1.82, 2.24) is 9.80 Å². The fourth-order valence-electron chi connectivity index (χ4n) is 3.18. The van der Waals surface area contributed by atoms with Crippen LogP contribution in [0.15, 0.2) is 24.3 Å². The van der Waals surface area contributed by atoms with E-state index in [1.54, 1.807) is 11.0 Å². The van der Waals surface area contributed by atoms with Crippen LogP contribution in [0.5, 0.6) is 0 Å². The number of amides is 1. The minimum absolute atomic E-state index is 0.0143. The Bertz CT molecular complexity index is 534. The lowest BCUT2D eigenvalue weighted by molar-refractivity contribution is -0.138. The Kier molecular flexibility index (Phi) is 4.71. The average molecular weight is 307 g/mol. The number of ether oxygens (including phenoxy) is 1. The Hall–Kier alpha value is -1.50. The van der Waals surface area contributed by atoms with Gasteiger partial charge in [-0.2, -0.15) is 0 Å². The van der Waals surface area contributed by atoms with Gasteiger partial charge in [0.1, 0.15) is 11.9 Å². The third-order valence-corrected chi connectivity index (χ3v) is 4.35. The third-order valence-electron chi connectivity index (χ3n) is 4.35. The van der Waals surface area contributed by atoms with Crippen LogP contribution in [0.4, 0.5) is 4.39 Å². The van der Waals surface area contributed by atoms with Crippen LogP contribution in [0.3, 0.4) is 0 Å². The van der Waals surface area contributed by atoms with Crippen molar-refractivity contribution in [3.63, 3.8) is 0 Å². The van der Waals surface area contributed by atoms with E-state index < -0.39 is 6.04 Å². The van der Waals surface area contributed by atoms with Gasteiger partial charge >= 0.3 is 0 Å². The number of halogens is 1. The maximum absolute atomic E-state index is 13.6. The normalized spacial score (nSPS) is 24.5. The molecule has 2 fully saturated rings. The largest absolute Gasteiger partial charge is 0.379 e. The second-order valence-electron chi connectivity index (χ2n) is 5.94. The fourth-order valence-corrected chi connectivity index (χ4v) is 3.18. The zero-order chi connectivity index (χ0) is 15.5. The van der Waals surface area contributed by atoms with E-state index in [1.807, 2.05) is 6.07 Å². The summed E-state index contributed by atoms with van der Waals surface area (Å²) in [6.07, 6.45) is 0.824. The summed E-state index contributed by atoms with van der Waals surface area (Å²) in [7, 11) is 0. The predicted octanol–water partition coefficient (Wildman–Crippen LogP) is 0.759. The first-order chi connectivity index (χ1) is 10.6. The molecule has 2 heterocycles. The van der Waals surface area contributed by atoms with Crippen LogP contribution in [-0.2, 0) is 9.53 Å². The summed E-state index contributed by atoms with van der Waals surface area (Å²) in [5.74, 6) is -0.304. The smallest absolute Gasteiger partial charge is 0.244 e. The van der Waals surface area contributed by atoms with E-state index in [4.69, 9.17) is 10.5 Å². The van der Waals surface area contributed by atoms with Gasteiger partial charge in [-0.25, -0.2) is 4.39 Å². The lowest BCUT2D eigenvalue weighted by atomic mass is 10.0. The number of morpholine rings is 1. The quantitative estimate of drug-likeness (QED) is 0.896. The molecular weight excluding hydrogens is 285 g/mol. The molecule has 2 N–H and O–H groups in total. The highest BCUT2D eigenvalue weighted by molar-refractivity contribution is 5.83. The first kappa shape index (κ1) is 15.4. The van der Waals surface area contributed by atoms with E-state index in [0.29, 0.717) is 45.0 Å². The van der Waals surface area contributed by atoms with E-state index >= 15 is 0 Å². The van der Waals surface area contributed by atoms with Gasteiger partial charge in [0.05, 0.1) is 13.2 Å². The number of rotatable bonds is 3. The Balaban J connectivity index is 1.86. The van der Waals surface area contributed by atoms with Crippen LogP contribution in [0.1, 0.15) is 18.0 Å². The summed E-state index contributed by atoms with van der Waals surface area (Å²) in [4.78, 5) is 16.8. The van der Waals surface area contributed by atoms with E-state index in [9.17, 15) is 9.18 Å². The predicted molar refractivity (Wildman–Crippen MR) is 80.7 cm³/mol. The summed E-state index contributed by atoms with van der Waals surface area (Å²) in [5, 5.41) is 0. The van der Waals surface area contributed by atoms with Crippen LogP contribution in [0, 0.1) is 5.82 Å². The van der Waals surface area contributed by atoms with Gasteiger partial charge in [0.15, 0.2) is 0 Å². The highest BCUT2D eigenvalue weighted by Crippen LogP contribution is 2.26. The van der Waals surface area contributed by atoms with Crippen molar-refractivity contribution in [2.45, 2.75) is 18.5 Å². The molecule has 0 bridgehead atoms. The fraction of sp³-hybridized carbons (Fsp3) is 0.562. The molecule has 2 aliphatic rings. The van der Waals surface area contributed by atoms with Gasteiger partial charge in [-0.15, -0.1) is 0 Å². The highest BCUT2D eigenvalue weighted by Gasteiger charge is 2.35. The number of nitrogens with zero attached hydrogens (tertiary/aromatic N) is 2. The van der Waals surface area contributed by atoms with E-state index in [2.05, 4.69) is 4.90 Å². The average Bonchev–Trinajstić information content (AvgIpc) is 2.95. The van der Waals surface area contributed by atoms with Gasteiger partial charge in [0.2, 0.25) is 5.91 Å². The number of carbonyl (C=O) groups is 1. The molecule has 0 aromatic heterocycles. The summed E-state index contributed by atoms with van der Waals surface area (Å²) in [5.41, 5.74) is 6.62. The summed E-state index contributed by atoms with van der Waals surface area (Å²) in [6.45, 7) is 3.79. The third kappa shape index (κ3) is 3.29. The maximum Gasteiger partial charge on any atom is 0.244 e. The van der Waals surface area contributed by atoms with Gasteiger partial charge in [-0.05, 0) is 24.1 Å². The molecule has 2 saturated heterocycles. The monoisotopic (exact) mass is 307 g/mol. The lowest BCUT2D eigenvalue weighted by Crippen LogP contribution is -2.47. The van der Waals surface area contributed by atoms with E-state index in [1.165, 1.54) is 12.1 Å². The molecule has 0 aliphatic carbocycles. The molecule has 1 aromatic carbocycles. The van der Waals surface area contributed by atoms with Crippen molar-refractivity contribution in [2.75, 3.05) is 39.4 Å². The molecule has 5 nitrogen and oxygen atoms in total. The topological polar surface area (TPSA) is 58.8 Å². The van der Waals surface area contributed by atoms with Crippen LogP contribution in [0.25, 0.3) is 0 Å². The number of carbonyl (C=O) groups excluding carboxylic acids is 1. The van der Waals surface area contributed by atoms with Crippen molar-refractivity contribution in [3.05, 3.63) is 35.6 Å². The van der Waals surface area contributed by atoms with Crippen molar-refractivity contribution < 1.29 is 13.9 Å². The molecule has 0 unspecified atom stereocenters. The van der Waals surface area contributed by atoms with Crippen LogP contribution in [0.2, 0.25) is 0 Å². The van der Waals surface area contributed by atoms with Gasteiger partial charge in [0, 0.05) is 32.2 Å². The van der Waals surface area contributed by atoms with Crippen molar-refractivity contribution in [3.8, 4) is 0 Å². The van der Waals surface area contributed by atoms with Crippen molar-refractivity contribution >= 4 is 5.91 Å². The zero-order valence-corrected chi connectivity index (χ0v) is 12.6. The molecule has 2 aliphatic heterocycles. The standard InChI is InChI=1S/C16H22FN3O2/c17-13-3-1-2-12(10-13)15(19-6-8-22-9-7-19)16(21)20-5-4-14(18)11-20/h1-3,10,14-15H,4-9,11,18H2/t14-,15-/m1/s1. The first-order valence-electron chi connectivity index (χ1n) is 7.77. The zero-order valence-electron chi connectivity index (χ0n) is 12.6. The first-order valence-corrected chi connectivity index (χ1v) is 7.77. The van der Waals surface area contributed by atoms with Crippen LogP contribution >= 0.6 is 0 Å². The van der Waals surface area contributed by atoms with Gasteiger partial charge < -0.3 is 15.4 Å². The molecule has 0 spiro atoms. The Morgan fingerprint density at radius 1 is 1.32 bits per heavy atom. The summed E-state index contributed by atoms with van der Waals surface area (Å²) >= 11 is 0. The number of nitrogens with two attached hydrogens (primary N) is 1. The Morgan fingerprint density at radius 2 is 2.09 bits per heavy atom. The lowest BCUT2D eigenvalue weighted by Gasteiger charge is -2.35. The maximum atomic E-state index is 13.6. The molecule has 22 heavy (non-hydrogen) atoms. The number of benzene rings is 1. The van der Waals surface area contributed by atoms with Gasteiger partial charge in [-0.1, -0.05) is 12.1 Å². The number of hydrogen-bond donors (Lipinski definition) is 1. The van der Waals surface area contributed by atoms with Gasteiger partial charge in [0.25, 0.3) is 0 Å². The number of likely N-dealkylation sites (tertiary alicyclic amines) is 1. The molecule has 1 amide bonds. The molecule has 2 atom stereocenters. The number of hydrogen-bond acceptors (Lipinski definition) is 4. The van der Waals surface area contributed by atoms with Crippen molar-refractivity contribution in [2.24, 2.45) is 5.73 Å². The molecular formula is C16H22FN3O2. The molecule has 3 rings (SSSR count). The van der Waals surface area contributed by atoms with Crippen LogP contribution < -0.4 is 5.73 Å². The minimum atomic E-state index is -0.454. The minimum Gasteiger partial charge on any atom is -0.379 e. The highest BCUT2D eigenvalue weighted by atomic mass is 19.1. The van der Waals surface area contributed by atoms with Crippen molar-refractivity contribution in [1.29, 1.82) is 0 Å². The second kappa shape index (κ2) is 6.73. The molecule has 0 saturated carbocycles. The molecule has 1 aromatic rings. The molecule has 120 valence electrons. The second-order valence-corrected chi connectivity index (χ2v) is 5.94. The molecule has 0 radical (unpaired) electrons.